The smallest absolute Gasteiger partial charge is 0.238 e. The van der Waals surface area contributed by atoms with Gasteiger partial charge in [-0.1, -0.05) is 24.3 Å². The fourth-order valence-corrected chi connectivity index (χ4v) is 5.07. The lowest BCUT2D eigenvalue weighted by Crippen LogP contribution is -2.50. The molecule has 0 aromatic heterocycles. The van der Waals surface area contributed by atoms with Crippen LogP contribution in [0, 0.1) is 23.1 Å². The fraction of sp³-hybridized carbons (Fsp3) is 0.364. The molecule has 1 saturated heterocycles. The van der Waals surface area contributed by atoms with Crippen molar-refractivity contribution in [3.05, 3.63) is 53.8 Å². The number of hydrogen-bond donors (Lipinski definition) is 3. The average molecular weight is 443 g/mol. The van der Waals surface area contributed by atoms with Gasteiger partial charge in [-0.15, -0.1) is 0 Å². The number of piperidine rings is 1. The van der Waals surface area contributed by atoms with Crippen LogP contribution < -0.4 is 15.8 Å². The van der Waals surface area contributed by atoms with Gasteiger partial charge in [0.2, 0.25) is 15.9 Å². The van der Waals surface area contributed by atoms with Gasteiger partial charge in [0.25, 0.3) is 0 Å². The van der Waals surface area contributed by atoms with Crippen LogP contribution in [0.5, 0.6) is 0 Å². The number of sulfonamides is 1. The normalized spacial score (nSPS) is 23.3. The van der Waals surface area contributed by atoms with Crippen LogP contribution in [0.3, 0.4) is 0 Å². The zero-order valence-corrected chi connectivity index (χ0v) is 17.5. The molecule has 0 spiro atoms. The maximum Gasteiger partial charge on any atom is 0.238 e. The van der Waals surface area contributed by atoms with Crippen LogP contribution in [0.4, 0.5) is 4.39 Å². The van der Waals surface area contributed by atoms with Crippen molar-refractivity contribution in [2.45, 2.75) is 48.7 Å². The molecule has 2 aromatic carbocycles. The Morgan fingerprint density at radius 1 is 1.26 bits per heavy atom. The number of amides is 1. The molecule has 1 aliphatic carbocycles. The van der Waals surface area contributed by atoms with Gasteiger partial charge in [-0.3, -0.25) is 4.79 Å². The number of nitrogens with one attached hydrogen (secondary N) is 2. The Kier molecular flexibility index (Phi) is 5.79. The van der Waals surface area contributed by atoms with E-state index in [1.54, 1.807) is 18.2 Å². The lowest BCUT2D eigenvalue weighted by molar-refractivity contribution is -0.124. The number of halogens is 1. The van der Waals surface area contributed by atoms with Gasteiger partial charge < -0.3 is 10.6 Å². The first-order valence-corrected chi connectivity index (χ1v) is 11.7. The Hall–Kier alpha value is -2.80. The highest BCUT2D eigenvalue weighted by Gasteiger charge is 2.43. The second-order valence-electron chi connectivity index (χ2n) is 8.19. The molecule has 1 aliphatic heterocycles. The highest BCUT2D eigenvalue weighted by Crippen LogP contribution is 2.35. The van der Waals surface area contributed by atoms with Gasteiger partial charge in [-0.25, -0.2) is 17.9 Å². The van der Waals surface area contributed by atoms with Crippen molar-refractivity contribution in [3.63, 3.8) is 0 Å². The lowest BCUT2D eigenvalue weighted by atomic mass is 9.98. The Morgan fingerprint density at radius 3 is 2.65 bits per heavy atom. The van der Waals surface area contributed by atoms with Crippen molar-refractivity contribution >= 4 is 15.9 Å². The number of nitrogens with two attached hydrogens (primary N) is 1. The zero-order chi connectivity index (χ0) is 22.2. The van der Waals surface area contributed by atoms with Crippen LogP contribution in [0.2, 0.25) is 0 Å². The van der Waals surface area contributed by atoms with E-state index in [0.29, 0.717) is 28.7 Å². The van der Waals surface area contributed by atoms with Crippen molar-refractivity contribution < 1.29 is 17.6 Å². The molecule has 1 heterocycles. The number of carbonyl (C=O) groups excluding carboxylic acids is 1. The number of nitrogens with zero attached hydrogens (tertiary/aromatic N) is 1. The summed E-state index contributed by atoms with van der Waals surface area (Å²) < 4.78 is 37.9. The maximum atomic E-state index is 14.8. The second kappa shape index (κ2) is 8.38. The van der Waals surface area contributed by atoms with Crippen molar-refractivity contribution in [1.82, 2.24) is 10.6 Å². The molecule has 2 aliphatic rings. The molecular weight excluding hydrogens is 419 g/mol. The minimum Gasteiger partial charge on any atom is -0.339 e. The number of carbonyl (C=O) groups is 1. The molecule has 2 bridgehead atoms. The molecule has 9 heteroatoms. The molecule has 0 radical (unpaired) electrons. The largest absolute Gasteiger partial charge is 0.339 e. The molecule has 7 nitrogen and oxygen atoms in total. The Bertz CT molecular complexity index is 1160. The summed E-state index contributed by atoms with van der Waals surface area (Å²) in [4.78, 5) is 12.5. The Balaban J connectivity index is 1.46. The molecule has 1 saturated carbocycles. The predicted molar refractivity (Wildman–Crippen MR) is 113 cm³/mol. The SMILES string of the molecule is N#CC(Cc1ccc(-c2cccc(S(N)(=O)=O)c2)cc1F)NC(=O)[C@H]1N[C@@H]2CC[C@H]1C2. The summed E-state index contributed by atoms with van der Waals surface area (Å²) in [7, 11) is -3.87. The van der Waals surface area contributed by atoms with Crippen LogP contribution >= 0.6 is 0 Å². The molecular formula is C22H23FN4O3S. The summed E-state index contributed by atoms with van der Waals surface area (Å²) in [6, 6.07) is 11.7. The Morgan fingerprint density at radius 2 is 2.03 bits per heavy atom. The van der Waals surface area contributed by atoms with E-state index in [4.69, 9.17) is 5.14 Å². The molecule has 4 N–H and O–H groups in total. The van der Waals surface area contributed by atoms with Gasteiger partial charge in [0.05, 0.1) is 17.0 Å². The molecule has 2 aromatic rings. The summed E-state index contributed by atoms with van der Waals surface area (Å²) in [5.41, 5.74) is 1.28. The van der Waals surface area contributed by atoms with E-state index in [1.165, 1.54) is 24.3 Å². The predicted octanol–water partition coefficient (Wildman–Crippen LogP) is 1.83. The molecule has 31 heavy (non-hydrogen) atoms. The first kappa shape index (κ1) is 21.4. The highest BCUT2D eigenvalue weighted by atomic mass is 32.2. The third kappa shape index (κ3) is 4.61. The standard InChI is InChI=1S/C22H23FN4O3S/c23-20-11-14(13-2-1-3-19(10-13)31(25,29)30)4-5-15(20)8-18(12-24)27-22(28)21-16-6-7-17(9-16)26-21/h1-5,10-11,16-18,21,26H,6-9H2,(H,27,28)(H2,25,29,30)/t16-,17+,18?,21-/m0/s1. The van der Waals surface area contributed by atoms with Crippen LogP contribution in [-0.4, -0.2) is 32.5 Å². The van der Waals surface area contributed by atoms with Gasteiger partial charge in [0.1, 0.15) is 11.9 Å². The van der Waals surface area contributed by atoms with Gasteiger partial charge in [-0.2, -0.15) is 5.26 Å². The van der Waals surface area contributed by atoms with Gasteiger partial charge in [0.15, 0.2) is 0 Å². The molecule has 4 rings (SSSR count). The first-order valence-electron chi connectivity index (χ1n) is 10.1. The number of primary sulfonamides is 1. The van der Waals surface area contributed by atoms with Crippen LogP contribution in [0.1, 0.15) is 24.8 Å². The molecule has 4 atom stereocenters. The average Bonchev–Trinajstić information content (AvgIpc) is 3.37. The van der Waals surface area contributed by atoms with Crippen molar-refractivity contribution in [3.8, 4) is 17.2 Å². The maximum absolute atomic E-state index is 14.8. The van der Waals surface area contributed by atoms with Gasteiger partial charge >= 0.3 is 0 Å². The minimum absolute atomic E-state index is 0.0341. The van der Waals surface area contributed by atoms with E-state index < -0.39 is 21.9 Å². The second-order valence-corrected chi connectivity index (χ2v) is 9.75. The van der Waals surface area contributed by atoms with E-state index in [-0.39, 0.29) is 23.3 Å². The molecule has 1 amide bonds. The third-order valence-corrected chi connectivity index (χ3v) is 7.00. The summed E-state index contributed by atoms with van der Waals surface area (Å²) in [5.74, 6) is -0.449. The van der Waals surface area contributed by atoms with E-state index in [0.717, 1.165) is 19.3 Å². The number of fused-ring (bicyclic) bond motifs is 2. The summed E-state index contributed by atoms with van der Waals surface area (Å²) in [5, 5.41) is 20.6. The van der Waals surface area contributed by atoms with Crippen molar-refractivity contribution in [2.75, 3.05) is 0 Å². The summed E-state index contributed by atoms with van der Waals surface area (Å²) in [6.07, 6.45) is 3.11. The summed E-state index contributed by atoms with van der Waals surface area (Å²) in [6.45, 7) is 0. The van der Waals surface area contributed by atoms with Crippen LogP contribution in [0.25, 0.3) is 11.1 Å². The van der Waals surface area contributed by atoms with Crippen molar-refractivity contribution in [1.29, 1.82) is 5.26 Å². The Labute approximate surface area is 180 Å². The quantitative estimate of drug-likeness (QED) is 0.629. The molecule has 1 unspecified atom stereocenters. The zero-order valence-electron chi connectivity index (χ0n) is 16.7. The number of rotatable bonds is 6. The summed E-state index contributed by atoms with van der Waals surface area (Å²) >= 11 is 0. The fourth-order valence-electron chi connectivity index (χ4n) is 4.51. The van der Waals surface area contributed by atoms with E-state index in [1.807, 2.05) is 6.07 Å². The highest BCUT2D eigenvalue weighted by molar-refractivity contribution is 7.89. The number of benzene rings is 2. The van der Waals surface area contributed by atoms with Crippen LogP contribution in [0.15, 0.2) is 47.4 Å². The van der Waals surface area contributed by atoms with Gasteiger partial charge in [0, 0.05) is 12.5 Å². The third-order valence-electron chi connectivity index (χ3n) is 6.09. The van der Waals surface area contributed by atoms with E-state index in [2.05, 4.69) is 10.6 Å². The van der Waals surface area contributed by atoms with E-state index in [9.17, 15) is 22.9 Å². The molecule has 2 fully saturated rings. The molecule has 162 valence electrons. The van der Waals surface area contributed by atoms with Crippen LogP contribution in [-0.2, 0) is 21.2 Å². The monoisotopic (exact) mass is 442 g/mol. The van der Waals surface area contributed by atoms with Crippen molar-refractivity contribution in [2.24, 2.45) is 11.1 Å². The topological polar surface area (TPSA) is 125 Å². The number of nitriles is 1. The first-order chi connectivity index (χ1) is 14.7. The lowest BCUT2D eigenvalue weighted by Gasteiger charge is -2.23. The number of hydrogen-bond acceptors (Lipinski definition) is 5. The minimum atomic E-state index is -3.87. The van der Waals surface area contributed by atoms with Gasteiger partial charge in [-0.05, 0) is 60.1 Å². The van der Waals surface area contributed by atoms with E-state index >= 15 is 0 Å².